The van der Waals surface area contributed by atoms with Gasteiger partial charge < -0.3 is 9.30 Å². The van der Waals surface area contributed by atoms with Crippen molar-refractivity contribution in [2.45, 2.75) is 18.5 Å². The van der Waals surface area contributed by atoms with Gasteiger partial charge in [0.1, 0.15) is 10.5 Å². The molecular formula is C18H16BrN7O3S2. The van der Waals surface area contributed by atoms with Crippen LogP contribution in [0, 0.1) is 0 Å². The first-order chi connectivity index (χ1) is 14.9. The molecule has 0 saturated carbocycles. The molecule has 0 fully saturated rings. The molecule has 31 heavy (non-hydrogen) atoms. The average molecular weight is 522 g/mol. The molecule has 1 N–H and O–H groups in total. The highest BCUT2D eigenvalue weighted by atomic mass is 79.9. The lowest BCUT2D eigenvalue weighted by molar-refractivity contribution is -0.142. The van der Waals surface area contributed by atoms with E-state index < -0.39 is 0 Å². The van der Waals surface area contributed by atoms with Gasteiger partial charge in [-0.15, -0.1) is 20.4 Å². The van der Waals surface area contributed by atoms with Crippen LogP contribution in [0.3, 0.4) is 0 Å². The van der Waals surface area contributed by atoms with E-state index in [2.05, 4.69) is 46.6 Å². The Bertz CT molecular complexity index is 1290. The number of nitrogens with one attached hydrogen (secondary N) is 1. The van der Waals surface area contributed by atoms with Gasteiger partial charge in [0.25, 0.3) is 0 Å². The number of nitrogens with zero attached hydrogens (tertiary/aromatic N) is 6. The van der Waals surface area contributed by atoms with Gasteiger partial charge in [-0.2, -0.15) is 0 Å². The molecule has 0 saturated heterocycles. The average Bonchev–Trinajstić information content (AvgIpc) is 3.28. The number of aryl methyl sites for hydroxylation is 1. The van der Waals surface area contributed by atoms with E-state index in [-0.39, 0.29) is 24.1 Å². The van der Waals surface area contributed by atoms with E-state index in [0.717, 1.165) is 26.7 Å². The van der Waals surface area contributed by atoms with Crippen LogP contribution in [0.4, 0.5) is 5.13 Å². The summed E-state index contributed by atoms with van der Waals surface area (Å²) in [5.41, 5.74) is 2.39. The zero-order chi connectivity index (χ0) is 22.0. The van der Waals surface area contributed by atoms with Crippen molar-refractivity contribution in [2.24, 2.45) is 7.05 Å². The van der Waals surface area contributed by atoms with Crippen molar-refractivity contribution < 1.29 is 14.3 Å². The molecule has 1 aromatic carbocycles. The molecule has 0 unspecified atom stereocenters. The van der Waals surface area contributed by atoms with Crippen molar-refractivity contribution in [3.05, 3.63) is 27.7 Å². The highest BCUT2D eigenvalue weighted by Crippen LogP contribution is 2.28. The Morgan fingerprint density at radius 2 is 2.10 bits per heavy atom. The summed E-state index contributed by atoms with van der Waals surface area (Å²) in [6.45, 7) is 2.04. The van der Waals surface area contributed by atoms with Gasteiger partial charge in [-0.05, 0) is 25.1 Å². The molecule has 4 rings (SSSR count). The molecule has 0 bridgehead atoms. The van der Waals surface area contributed by atoms with Crippen LogP contribution in [0.5, 0.6) is 0 Å². The molecule has 0 radical (unpaired) electrons. The lowest BCUT2D eigenvalue weighted by Crippen LogP contribution is -2.14. The van der Waals surface area contributed by atoms with Crippen LogP contribution in [-0.2, 0) is 27.8 Å². The van der Waals surface area contributed by atoms with Crippen molar-refractivity contribution in [1.29, 1.82) is 0 Å². The topological polar surface area (TPSA) is 125 Å². The van der Waals surface area contributed by atoms with E-state index in [9.17, 15) is 9.59 Å². The molecule has 10 nitrogen and oxygen atoms in total. The molecule has 13 heteroatoms. The van der Waals surface area contributed by atoms with E-state index in [1.54, 1.807) is 6.92 Å². The standard InChI is InChI=1S/C18H16BrN7O3S2/c1-3-29-14(28)7-13-22-25-18(31-13)20-12(27)8-30-17-21-16-15(23-24-17)10-6-9(19)4-5-11(10)26(16)2/h4-6H,3,7-8H2,1-2H3,(H,20,25,27). The number of esters is 1. The Kier molecular flexibility index (Phi) is 6.43. The van der Waals surface area contributed by atoms with Gasteiger partial charge in [0.05, 0.1) is 24.3 Å². The highest BCUT2D eigenvalue weighted by molar-refractivity contribution is 9.10. The minimum absolute atomic E-state index is 0.0250. The maximum absolute atomic E-state index is 12.3. The van der Waals surface area contributed by atoms with Gasteiger partial charge in [0.2, 0.25) is 16.2 Å². The Morgan fingerprint density at radius 1 is 1.26 bits per heavy atom. The molecule has 3 aromatic heterocycles. The smallest absolute Gasteiger partial charge is 0.312 e. The third kappa shape index (κ3) is 4.83. The second-order valence-corrected chi connectivity index (χ2v) is 9.23. The number of benzene rings is 1. The minimum Gasteiger partial charge on any atom is -0.466 e. The molecule has 0 spiro atoms. The first-order valence-electron chi connectivity index (χ1n) is 9.13. The number of fused-ring (bicyclic) bond motifs is 3. The Balaban J connectivity index is 1.40. The summed E-state index contributed by atoms with van der Waals surface area (Å²) in [7, 11) is 1.91. The first kappa shape index (κ1) is 21.6. The van der Waals surface area contributed by atoms with Crippen LogP contribution in [0.2, 0.25) is 0 Å². The second-order valence-electron chi connectivity index (χ2n) is 6.31. The summed E-state index contributed by atoms with van der Waals surface area (Å²) in [6.07, 6.45) is 0.0250. The normalized spacial score (nSPS) is 11.2. The molecule has 0 atom stereocenters. The van der Waals surface area contributed by atoms with Gasteiger partial charge in [0, 0.05) is 16.9 Å². The Morgan fingerprint density at radius 3 is 2.90 bits per heavy atom. The zero-order valence-corrected chi connectivity index (χ0v) is 19.7. The lowest BCUT2D eigenvalue weighted by Gasteiger charge is -2.01. The summed E-state index contributed by atoms with van der Waals surface area (Å²) < 4.78 is 7.77. The zero-order valence-electron chi connectivity index (χ0n) is 16.5. The first-order valence-corrected chi connectivity index (χ1v) is 11.7. The van der Waals surface area contributed by atoms with Gasteiger partial charge in [-0.3, -0.25) is 14.9 Å². The molecule has 4 aromatic rings. The molecule has 1 amide bonds. The third-order valence-electron chi connectivity index (χ3n) is 4.19. The number of hydrogen-bond acceptors (Lipinski definition) is 10. The quantitative estimate of drug-likeness (QED) is 0.288. The predicted octanol–water partition coefficient (Wildman–Crippen LogP) is 2.97. The summed E-state index contributed by atoms with van der Waals surface area (Å²) in [6, 6.07) is 5.92. The van der Waals surface area contributed by atoms with E-state index in [4.69, 9.17) is 4.74 Å². The molecular weight excluding hydrogens is 506 g/mol. The number of hydrogen-bond donors (Lipinski definition) is 1. The van der Waals surface area contributed by atoms with Gasteiger partial charge in [-0.1, -0.05) is 39.0 Å². The molecule has 160 valence electrons. The maximum Gasteiger partial charge on any atom is 0.312 e. The number of amides is 1. The van der Waals surface area contributed by atoms with Gasteiger partial charge in [-0.25, -0.2) is 4.98 Å². The number of aromatic nitrogens is 6. The van der Waals surface area contributed by atoms with Crippen molar-refractivity contribution in [3.8, 4) is 0 Å². The van der Waals surface area contributed by atoms with E-state index in [1.807, 2.05) is 29.8 Å². The van der Waals surface area contributed by atoms with Crippen LogP contribution in [0.15, 0.2) is 27.8 Å². The summed E-state index contributed by atoms with van der Waals surface area (Å²) in [5.74, 6) is -0.587. The summed E-state index contributed by atoms with van der Waals surface area (Å²) in [5, 5.41) is 21.0. The number of carbonyl (C=O) groups excluding carboxylic acids is 2. The number of anilines is 1. The fraction of sp³-hybridized carbons (Fsp3) is 0.278. The van der Waals surface area contributed by atoms with Crippen LogP contribution >= 0.6 is 39.0 Å². The minimum atomic E-state index is -0.382. The fourth-order valence-corrected chi connectivity index (χ4v) is 4.56. The van der Waals surface area contributed by atoms with Crippen LogP contribution in [0.1, 0.15) is 11.9 Å². The van der Waals surface area contributed by atoms with Crippen molar-refractivity contribution in [1.82, 2.24) is 29.9 Å². The van der Waals surface area contributed by atoms with Crippen molar-refractivity contribution in [3.63, 3.8) is 0 Å². The number of ether oxygens (including phenoxy) is 1. The number of rotatable bonds is 7. The van der Waals surface area contributed by atoms with Crippen LogP contribution < -0.4 is 5.32 Å². The number of thioether (sulfide) groups is 1. The summed E-state index contributed by atoms with van der Waals surface area (Å²) in [4.78, 5) is 28.3. The molecule has 0 aliphatic rings. The number of halogens is 1. The number of carbonyl (C=O) groups is 2. The van der Waals surface area contributed by atoms with Gasteiger partial charge in [0.15, 0.2) is 5.65 Å². The Labute approximate surface area is 192 Å². The van der Waals surface area contributed by atoms with Gasteiger partial charge >= 0.3 is 5.97 Å². The molecule has 0 aliphatic heterocycles. The predicted molar refractivity (Wildman–Crippen MR) is 121 cm³/mol. The van der Waals surface area contributed by atoms with E-state index in [0.29, 0.717) is 33.1 Å². The van der Waals surface area contributed by atoms with Crippen molar-refractivity contribution >= 4 is 78.1 Å². The van der Waals surface area contributed by atoms with Crippen LogP contribution in [-0.4, -0.2) is 54.2 Å². The highest BCUT2D eigenvalue weighted by Gasteiger charge is 2.15. The summed E-state index contributed by atoms with van der Waals surface area (Å²) >= 11 is 5.77. The van der Waals surface area contributed by atoms with E-state index in [1.165, 1.54) is 11.8 Å². The Hall–Kier alpha value is -2.64. The van der Waals surface area contributed by atoms with Crippen molar-refractivity contribution in [2.75, 3.05) is 17.7 Å². The lowest BCUT2D eigenvalue weighted by atomic mass is 10.2. The second kappa shape index (κ2) is 9.24. The monoisotopic (exact) mass is 521 g/mol. The molecule has 3 heterocycles. The maximum atomic E-state index is 12.3. The fourth-order valence-electron chi connectivity index (χ4n) is 2.87. The third-order valence-corrected chi connectivity index (χ3v) is 6.36. The van der Waals surface area contributed by atoms with E-state index >= 15 is 0 Å². The molecule has 0 aliphatic carbocycles. The van der Waals surface area contributed by atoms with Crippen LogP contribution in [0.25, 0.3) is 22.1 Å². The SMILES string of the molecule is CCOC(=O)Cc1nnc(NC(=O)CSc2nnc3c4cc(Br)ccc4n(C)c3n2)s1. The largest absolute Gasteiger partial charge is 0.466 e.